The summed E-state index contributed by atoms with van der Waals surface area (Å²) in [5.74, 6) is -0.0353. The number of nitrogens with zero attached hydrogens (tertiary/aromatic N) is 1. The van der Waals surface area contributed by atoms with E-state index in [0.29, 0.717) is 35.0 Å². The normalized spacial score (nSPS) is 11.1. The number of furan rings is 2. The van der Waals surface area contributed by atoms with Gasteiger partial charge in [0.15, 0.2) is 5.76 Å². The predicted octanol–water partition coefficient (Wildman–Crippen LogP) is 4.55. The van der Waals surface area contributed by atoms with Crippen LogP contribution in [0.25, 0.3) is 22.3 Å². The molecule has 0 fully saturated rings. The highest BCUT2D eigenvalue weighted by Gasteiger charge is 2.14. The van der Waals surface area contributed by atoms with Gasteiger partial charge in [-0.25, -0.2) is 10.2 Å². The first-order chi connectivity index (χ1) is 15.0. The van der Waals surface area contributed by atoms with Crippen LogP contribution in [0, 0.1) is 0 Å². The quantitative estimate of drug-likeness (QED) is 0.336. The van der Waals surface area contributed by atoms with E-state index < -0.39 is 11.9 Å². The van der Waals surface area contributed by atoms with Crippen LogP contribution in [0.1, 0.15) is 33.6 Å². The molecule has 0 atom stereocenters. The fourth-order valence-corrected chi connectivity index (χ4v) is 3.05. The van der Waals surface area contributed by atoms with Crippen molar-refractivity contribution in [3.05, 3.63) is 77.7 Å². The Morgan fingerprint density at radius 3 is 2.74 bits per heavy atom. The van der Waals surface area contributed by atoms with Crippen LogP contribution in [-0.2, 0) is 0 Å². The number of carbonyl (C=O) groups is 2. The second-order valence-corrected chi connectivity index (χ2v) is 6.50. The zero-order valence-corrected chi connectivity index (χ0v) is 16.5. The van der Waals surface area contributed by atoms with Crippen molar-refractivity contribution in [1.82, 2.24) is 5.43 Å². The first-order valence-corrected chi connectivity index (χ1v) is 9.47. The van der Waals surface area contributed by atoms with Gasteiger partial charge in [0.1, 0.15) is 22.9 Å². The van der Waals surface area contributed by atoms with E-state index in [9.17, 15) is 14.7 Å². The average molecular weight is 418 g/mol. The van der Waals surface area contributed by atoms with Crippen molar-refractivity contribution in [2.45, 2.75) is 6.92 Å². The SMILES string of the molecule is CCOc1ccc2oc(C(=O)N/N=C/c3ccc(-c4ccccc4C(=O)O)o3)cc2c1. The summed E-state index contributed by atoms with van der Waals surface area (Å²) < 4.78 is 16.6. The minimum atomic E-state index is -1.05. The van der Waals surface area contributed by atoms with E-state index in [1.54, 1.807) is 54.6 Å². The Hall–Kier alpha value is -4.33. The van der Waals surface area contributed by atoms with Crippen LogP contribution in [0.15, 0.2) is 74.6 Å². The third-order valence-corrected chi connectivity index (χ3v) is 4.43. The molecule has 4 rings (SSSR count). The molecule has 0 aliphatic heterocycles. The molecular formula is C23H18N2O6. The molecule has 2 aromatic carbocycles. The highest BCUT2D eigenvalue weighted by Crippen LogP contribution is 2.26. The molecule has 0 bridgehead atoms. The number of ether oxygens (including phenoxy) is 1. The number of nitrogens with one attached hydrogen (secondary N) is 1. The maximum absolute atomic E-state index is 12.3. The number of carboxylic acid groups (broad SMARTS) is 1. The van der Waals surface area contributed by atoms with Gasteiger partial charge in [-0.15, -0.1) is 0 Å². The van der Waals surface area contributed by atoms with Gasteiger partial charge in [-0.1, -0.05) is 18.2 Å². The molecule has 0 radical (unpaired) electrons. The molecule has 0 saturated carbocycles. The van der Waals surface area contributed by atoms with Crippen molar-refractivity contribution < 1.29 is 28.3 Å². The van der Waals surface area contributed by atoms with Crippen LogP contribution in [-0.4, -0.2) is 29.8 Å². The third-order valence-electron chi connectivity index (χ3n) is 4.43. The first-order valence-electron chi connectivity index (χ1n) is 9.47. The standard InChI is InChI=1S/C23H18N2O6/c1-2-29-15-7-9-19-14(11-15)12-21(31-19)22(26)25-24-13-16-8-10-20(30-16)17-5-3-4-6-18(17)23(27)28/h3-13H,2H2,1H3,(H,25,26)(H,27,28)/b24-13+. The molecule has 31 heavy (non-hydrogen) atoms. The molecule has 0 aliphatic carbocycles. The summed E-state index contributed by atoms with van der Waals surface area (Å²) in [7, 11) is 0. The lowest BCUT2D eigenvalue weighted by molar-refractivity contribution is 0.0697. The molecule has 0 unspecified atom stereocenters. The van der Waals surface area contributed by atoms with E-state index in [4.69, 9.17) is 13.6 Å². The van der Waals surface area contributed by atoms with E-state index in [0.717, 1.165) is 5.39 Å². The summed E-state index contributed by atoms with van der Waals surface area (Å²) in [5, 5.41) is 13.9. The van der Waals surface area contributed by atoms with E-state index in [-0.39, 0.29) is 11.3 Å². The zero-order chi connectivity index (χ0) is 21.8. The van der Waals surface area contributed by atoms with Crippen LogP contribution in [0.5, 0.6) is 5.75 Å². The molecule has 1 amide bonds. The monoisotopic (exact) mass is 418 g/mol. The van der Waals surface area contributed by atoms with Gasteiger partial charge in [-0.05, 0) is 49.4 Å². The van der Waals surface area contributed by atoms with Crippen molar-refractivity contribution in [2.75, 3.05) is 6.61 Å². The van der Waals surface area contributed by atoms with Crippen molar-refractivity contribution in [1.29, 1.82) is 0 Å². The molecule has 2 aromatic heterocycles. The van der Waals surface area contributed by atoms with Gasteiger partial charge in [-0.2, -0.15) is 5.10 Å². The Bertz CT molecular complexity index is 1280. The Morgan fingerprint density at radius 1 is 1.10 bits per heavy atom. The number of rotatable bonds is 7. The van der Waals surface area contributed by atoms with Crippen molar-refractivity contribution in [2.24, 2.45) is 5.10 Å². The van der Waals surface area contributed by atoms with Gasteiger partial charge in [0.05, 0.1) is 18.4 Å². The maximum atomic E-state index is 12.3. The summed E-state index contributed by atoms with van der Waals surface area (Å²) in [6, 6.07) is 16.7. The minimum Gasteiger partial charge on any atom is -0.494 e. The largest absolute Gasteiger partial charge is 0.494 e. The highest BCUT2D eigenvalue weighted by atomic mass is 16.5. The number of benzene rings is 2. The summed E-state index contributed by atoms with van der Waals surface area (Å²) in [5.41, 5.74) is 3.52. The molecule has 8 nitrogen and oxygen atoms in total. The number of hydrogen-bond acceptors (Lipinski definition) is 6. The molecule has 2 heterocycles. The first kappa shape index (κ1) is 20.0. The molecule has 0 spiro atoms. The fraction of sp³-hybridized carbons (Fsp3) is 0.0870. The van der Waals surface area contributed by atoms with Gasteiger partial charge in [0.2, 0.25) is 0 Å². The number of carbonyl (C=O) groups excluding carboxylic acids is 1. The van der Waals surface area contributed by atoms with E-state index in [2.05, 4.69) is 10.5 Å². The van der Waals surface area contributed by atoms with Gasteiger partial charge in [-0.3, -0.25) is 4.79 Å². The Labute approximate surface area is 176 Å². The van der Waals surface area contributed by atoms with E-state index >= 15 is 0 Å². The second kappa shape index (κ2) is 8.58. The second-order valence-electron chi connectivity index (χ2n) is 6.50. The molecule has 2 N–H and O–H groups in total. The molecule has 0 aliphatic rings. The Morgan fingerprint density at radius 2 is 1.94 bits per heavy atom. The number of fused-ring (bicyclic) bond motifs is 1. The molecule has 8 heteroatoms. The Kier molecular flexibility index (Phi) is 5.53. The molecule has 156 valence electrons. The van der Waals surface area contributed by atoms with Crippen molar-refractivity contribution in [3.8, 4) is 17.1 Å². The third kappa shape index (κ3) is 4.32. The highest BCUT2D eigenvalue weighted by molar-refractivity contribution is 5.97. The van der Waals surface area contributed by atoms with Crippen LogP contribution in [0.3, 0.4) is 0 Å². The summed E-state index contributed by atoms with van der Waals surface area (Å²) >= 11 is 0. The number of carboxylic acids is 1. The zero-order valence-electron chi connectivity index (χ0n) is 16.5. The van der Waals surface area contributed by atoms with Crippen LogP contribution >= 0.6 is 0 Å². The Balaban J connectivity index is 1.45. The molecular weight excluding hydrogens is 400 g/mol. The van der Waals surface area contributed by atoms with Gasteiger partial charge < -0.3 is 18.7 Å². The predicted molar refractivity (Wildman–Crippen MR) is 114 cm³/mol. The van der Waals surface area contributed by atoms with Gasteiger partial charge in [0, 0.05) is 10.9 Å². The minimum absolute atomic E-state index is 0.108. The topological polar surface area (TPSA) is 114 Å². The summed E-state index contributed by atoms with van der Waals surface area (Å²) in [6.45, 7) is 2.44. The summed E-state index contributed by atoms with van der Waals surface area (Å²) in [6.07, 6.45) is 1.32. The molecule has 0 saturated heterocycles. The van der Waals surface area contributed by atoms with Crippen molar-refractivity contribution >= 4 is 29.1 Å². The summed E-state index contributed by atoms with van der Waals surface area (Å²) in [4.78, 5) is 23.7. The fourth-order valence-electron chi connectivity index (χ4n) is 3.05. The maximum Gasteiger partial charge on any atom is 0.336 e. The number of hydrazone groups is 1. The lowest BCUT2D eigenvalue weighted by atomic mass is 10.1. The number of aromatic carboxylic acids is 1. The van der Waals surface area contributed by atoms with E-state index in [1.807, 2.05) is 6.92 Å². The van der Waals surface area contributed by atoms with Crippen molar-refractivity contribution in [3.63, 3.8) is 0 Å². The van der Waals surface area contributed by atoms with Crippen LogP contribution < -0.4 is 10.2 Å². The molecule has 4 aromatic rings. The lowest BCUT2D eigenvalue weighted by Gasteiger charge is -2.01. The van der Waals surface area contributed by atoms with Gasteiger partial charge in [0.25, 0.3) is 0 Å². The van der Waals surface area contributed by atoms with Crippen LogP contribution in [0.2, 0.25) is 0 Å². The lowest BCUT2D eigenvalue weighted by Crippen LogP contribution is -2.16. The smallest absolute Gasteiger partial charge is 0.336 e. The number of hydrogen-bond donors (Lipinski definition) is 2. The average Bonchev–Trinajstić information content (AvgIpc) is 3.40. The van der Waals surface area contributed by atoms with Crippen LogP contribution in [0.4, 0.5) is 0 Å². The van der Waals surface area contributed by atoms with E-state index in [1.165, 1.54) is 12.3 Å². The van der Waals surface area contributed by atoms with Gasteiger partial charge >= 0.3 is 11.9 Å². The number of amides is 1.